The van der Waals surface area contributed by atoms with Crippen LogP contribution in [0.4, 0.5) is 5.82 Å². The van der Waals surface area contributed by atoms with Crippen LogP contribution in [-0.4, -0.2) is 41.1 Å². The molecule has 76 valence electrons. The fourth-order valence-electron chi connectivity index (χ4n) is 1.59. The molecule has 14 heavy (non-hydrogen) atoms. The SMILES string of the molecule is CN1CN(C)c2nc(Cl)n(C)c2C1=O. The zero-order valence-electron chi connectivity index (χ0n) is 8.28. The fourth-order valence-corrected chi connectivity index (χ4v) is 1.76. The Kier molecular flexibility index (Phi) is 1.92. The highest BCUT2D eigenvalue weighted by atomic mass is 35.5. The van der Waals surface area contributed by atoms with E-state index in [2.05, 4.69) is 4.98 Å². The van der Waals surface area contributed by atoms with Gasteiger partial charge in [-0.2, -0.15) is 4.98 Å². The Hall–Kier alpha value is -1.23. The lowest BCUT2D eigenvalue weighted by molar-refractivity contribution is 0.0774. The topological polar surface area (TPSA) is 41.4 Å². The Balaban J connectivity index is 2.62. The molecule has 1 aliphatic heterocycles. The molecule has 2 rings (SSSR count). The lowest BCUT2D eigenvalue weighted by Crippen LogP contribution is -2.43. The fraction of sp³-hybridized carbons (Fsp3) is 0.500. The van der Waals surface area contributed by atoms with E-state index in [0.29, 0.717) is 23.5 Å². The highest BCUT2D eigenvalue weighted by Gasteiger charge is 2.30. The first kappa shape index (κ1) is 9.33. The molecule has 1 aromatic rings. The summed E-state index contributed by atoms with van der Waals surface area (Å²) in [4.78, 5) is 19.4. The predicted octanol–water partition coefficient (Wildman–Crippen LogP) is 0.553. The van der Waals surface area contributed by atoms with Gasteiger partial charge in [-0.15, -0.1) is 0 Å². The average Bonchev–Trinajstić information content (AvgIpc) is 2.41. The van der Waals surface area contributed by atoms with Crippen molar-refractivity contribution in [2.45, 2.75) is 0 Å². The number of carbonyl (C=O) groups excluding carboxylic acids is 1. The van der Waals surface area contributed by atoms with Gasteiger partial charge in [-0.3, -0.25) is 4.79 Å². The molecule has 0 fully saturated rings. The number of nitrogens with zero attached hydrogens (tertiary/aromatic N) is 4. The minimum atomic E-state index is -0.0417. The molecule has 0 spiro atoms. The highest BCUT2D eigenvalue weighted by molar-refractivity contribution is 6.29. The van der Waals surface area contributed by atoms with Gasteiger partial charge in [0.25, 0.3) is 5.91 Å². The summed E-state index contributed by atoms with van der Waals surface area (Å²) in [6, 6.07) is 0. The van der Waals surface area contributed by atoms with Crippen LogP contribution < -0.4 is 4.90 Å². The van der Waals surface area contributed by atoms with E-state index in [0.717, 1.165) is 0 Å². The van der Waals surface area contributed by atoms with Gasteiger partial charge in [0.1, 0.15) is 0 Å². The predicted molar refractivity (Wildman–Crippen MR) is 53.6 cm³/mol. The molecule has 5 nitrogen and oxygen atoms in total. The molecule has 1 aromatic heterocycles. The molecule has 0 N–H and O–H groups in total. The summed E-state index contributed by atoms with van der Waals surface area (Å²) >= 11 is 5.85. The van der Waals surface area contributed by atoms with Crippen LogP contribution >= 0.6 is 11.6 Å². The van der Waals surface area contributed by atoms with Crippen LogP contribution in [0, 0.1) is 0 Å². The van der Waals surface area contributed by atoms with Crippen LogP contribution in [0.5, 0.6) is 0 Å². The van der Waals surface area contributed by atoms with Crippen molar-refractivity contribution in [3.63, 3.8) is 0 Å². The van der Waals surface area contributed by atoms with Crippen molar-refractivity contribution in [2.75, 3.05) is 25.7 Å². The number of hydrogen-bond acceptors (Lipinski definition) is 3. The van der Waals surface area contributed by atoms with Gasteiger partial charge >= 0.3 is 0 Å². The van der Waals surface area contributed by atoms with Crippen molar-refractivity contribution in [3.05, 3.63) is 11.0 Å². The molecule has 1 aliphatic rings. The normalized spacial score (nSPS) is 16.1. The van der Waals surface area contributed by atoms with Crippen molar-refractivity contribution in [1.29, 1.82) is 0 Å². The van der Waals surface area contributed by atoms with Gasteiger partial charge in [0.2, 0.25) is 5.28 Å². The largest absolute Gasteiger partial charge is 0.340 e. The average molecular weight is 215 g/mol. The first-order chi connectivity index (χ1) is 6.52. The molecule has 0 radical (unpaired) electrons. The second-order valence-electron chi connectivity index (χ2n) is 3.45. The second kappa shape index (κ2) is 2.88. The molecule has 0 bridgehead atoms. The standard InChI is InChI=1S/C8H11ClN4O/c1-11-4-12(2)7(14)5-6(11)10-8(9)13(5)3/h4H2,1-3H3. The van der Waals surface area contributed by atoms with E-state index in [-0.39, 0.29) is 5.91 Å². The van der Waals surface area contributed by atoms with Crippen molar-refractivity contribution in [1.82, 2.24) is 14.5 Å². The number of rotatable bonds is 0. The summed E-state index contributed by atoms with van der Waals surface area (Å²) in [6.45, 7) is 0.541. The van der Waals surface area contributed by atoms with Gasteiger partial charge in [0.05, 0.1) is 6.67 Å². The lowest BCUT2D eigenvalue weighted by Gasteiger charge is -2.30. The molecule has 1 amide bonds. The molecule has 2 heterocycles. The van der Waals surface area contributed by atoms with E-state index in [9.17, 15) is 4.79 Å². The zero-order valence-corrected chi connectivity index (χ0v) is 9.04. The Morgan fingerprint density at radius 3 is 2.57 bits per heavy atom. The van der Waals surface area contributed by atoms with Gasteiger partial charge in [0.15, 0.2) is 11.5 Å². The van der Waals surface area contributed by atoms with Crippen molar-refractivity contribution < 1.29 is 4.79 Å². The number of hydrogen-bond donors (Lipinski definition) is 0. The van der Waals surface area contributed by atoms with Gasteiger partial charge < -0.3 is 14.4 Å². The quantitative estimate of drug-likeness (QED) is 0.634. The molecular weight excluding hydrogens is 204 g/mol. The van der Waals surface area contributed by atoms with Crippen LogP contribution in [0.15, 0.2) is 0 Å². The number of imidazole rings is 1. The third-order valence-electron chi connectivity index (χ3n) is 2.36. The summed E-state index contributed by atoms with van der Waals surface area (Å²) in [6.07, 6.45) is 0. The first-order valence-corrected chi connectivity index (χ1v) is 4.59. The minimum Gasteiger partial charge on any atom is -0.340 e. The molecule has 0 saturated heterocycles. The van der Waals surface area contributed by atoms with Crippen molar-refractivity contribution in [3.8, 4) is 0 Å². The van der Waals surface area contributed by atoms with Crippen LogP contribution in [0.2, 0.25) is 5.28 Å². The van der Waals surface area contributed by atoms with E-state index < -0.39 is 0 Å². The van der Waals surface area contributed by atoms with Crippen LogP contribution in [0.25, 0.3) is 0 Å². The summed E-state index contributed by atoms with van der Waals surface area (Å²) in [5, 5.41) is 0.338. The molecule has 0 aliphatic carbocycles. The number of carbonyl (C=O) groups is 1. The lowest BCUT2D eigenvalue weighted by atomic mass is 10.3. The smallest absolute Gasteiger partial charge is 0.275 e. The van der Waals surface area contributed by atoms with E-state index in [1.54, 1.807) is 23.6 Å². The molecule has 0 aromatic carbocycles. The van der Waals surface area contributed by atoms with E-state index in [1.807, 2.05) is 11.9 Å². The van der Waals surface area contributed by atoms with Gasteiger partial charge in [-0.25, -0.2) is 0 Å². The van der Waals surface area contributed by atoms with Crippen LogP contribution in [-0.2, 0) is 7.05 Å². The maximum absolute atomic E-state index is 11.8. The number of aromatic nitrogens is 2. The molecule has 6 heteroatoms. The molecule has 0 saturated carbocycles. The number of fused-ring (bicyclic) bond motifs is 1. The molecular formula is C8H11ClN4O. The van der Waals surface area contributed by atoms with Crippen LogP contribution in [0.1, 0.15) is 10.5 Å². The molecule has 0 unspecified atom stereocenters. The van der Waals surface area contributed by atoms with Gasteiger partial charge in [-0.1, -0.05) is 0 Å². The number of anilines is 1. The minimum absolute atomic E-state index is 0.0417. The summed E-state index contributed by atoms with van der Waals surface area (Å²) in [7, 11) is 5.37. The van der Waals surface area contributed by atoms with Crippen LogP contribution in [0.3, 0.4) is 0 Å². The monoisotopic (exact) mass is 214 g/mol. The number of amides is 1. The maximum atomic E-state index is 11.8. The Morgan fingerprint density at radius 2 is 1.93 bits per heavy atom. The Labute approximate surface area is 86.9 Å². The summed E-state index contributed by atoms with van der Waals surface area (Å²) in [5.41, 5.74) is 0.547. The van der Waals surface area contributed by atoms with E-state index in [1.165, 1.54) is 0 Å². The third kappa shape index (κ3) is 1.09. The van der Waals surface area contributed by atoms with Gasteiger partial charge in [0, 0.05) is 21.1 Å². The van der Waals surface area contributed by atoms with Gasteiger partial charge in [-0.05, 0) is 11.6 Å². The van der Waals surface area contributed by atoms with Crippen molar-refractivity contribution in [2.24, 2.45) is 7.05 Å². The maximum Gasteiger partial charge on any atom is 0.275 e. The highest BCUT2D eigenvalue weighted by Crippen LogP contribution is 2.26. The number of halogens is 1. The van der Waals surface area contributed by atoms with E-state index >= 15 is 0 Å². The molecule has 0 atom stereocenters. The second-order valence-corrected chi connectivity index (χ2v) is 3.79. The third-order valence-corrected chi connectivity index (χ3v) is 2.70. The summed E-state index contributed by atoms with van der Waals surface area (Å²) in [5.74, 6) is 0.612. The Morgan fingerprint density at radius 1 is 1.29 bits per heavy atom. The first-order valence-electron chi connectivity index (χ1n) is 4.21. The van der Waals surface area contributed by atoms with Crippen molar-refractivity contribution >= 4 is 23.3 Å². The Bertz CT molecular complexity index is 400. The zero-order chi connectivity index (χ0) is 10.5. The summed E-state index contributed by atoms with van der Waals surface area (Å²) < 4.78 is 1.60. The van der Waals surface area contributed by atoms with E-state index in [4.69, 9.17) is 11.6 Å².